The van der Waals surface area contributed by atoms with Gasteiger partial charge in [-0.15, -0.1) is 0 Å². The molecule has 4 nitrogen and oxygen atoms in total. The highest BCUT2D eigenvalue weighted by atomic mass is 15.3. The molecule has 0 aromatic carbocycles. The largest absolute Gasteiger partial charge is 0.365 e. The van der Waals surface area contributed by atoms with Gasteiger partial charge in [0.2, 0.25) is 0 Å². The SMILES string of the molecule is Cc1ncc(N2C[C@@H]3CNC[C@@H]32)cc1C#N. The monoisotopic (exact) mass is 214 g/mol. The highest BCUT2D eigenvalue weighted by Gasteiger charge is 2.42. The molecule has 0 amide bonds. The summed E-state index contributed by atoms with van der Waals surface area (Å²) in [6.07, 6.45) is 1.88. The number of aryl methyl sites for hydroxylation is 1. The van der Waals surface area contributed by atoms with E-state index in [2.05, 4.69) is 21.3 Å². The summed E-state index contributed by atoms with van der Waals surface area (Å²) in [6.45, 7) is 5.15. The van der Waals surface area contributed by atoms with Crippen LogP contribution in [0.5, 0.6) is 0 Å². The molecule has 4 heteroatoms. The lowest BCUT2D eigenvalue weighted by Crippen LogP contribution is -2.55. The molecule has 0 aliphatic carbocycles. The van der Waals surface area contributed by atoms with Crippen molar-refractivity contribution in [3.05, 3.63) is 23.5 Å². The Hall–Kier alpha value is -1.60. The second kappa shape index (κ2) is 3.46. The summed E-state index contributed by atoms with van der Waals surface area (Å²) < 4.78 is 0. The van der Waals surface area contributed by atoms with E-state index >= 15 is 0 Å². The van der Waals surface area contributed by atoms with Crippen molar-refractivity contribution in [2.24, 2.45) is 5.92 Å². The van der Waals surface area contributed by atoms with Crippen molar-refractivity contribution in [2.75, 3.05) is 24.5 Å². The Bertz CT molecular complexity index is 463. The maximum atomic E-state index is 8.98. The second-order valence-corrected chi connectivity index (χ2v) is 4.58. The maximum absolute atomic E-state index is 8.98. The Kier molecular flexibility index (Phi) is 2.08. The molecule has 2 aliphatic heterocycles. The number of aromatic nitrogens is 1. The first-order chi connectivity index (χ1) is 7.79. The van der Waals surface area contributed by atoms with Gasteiger partial charge in [0.05, 0.1) is 23.1 Å². The summed E-state index contributed by atoms with van der Waals surface area (Å²) in [6, 6.07) is 4.76. The standard InChI is InChI=1S/C12H14N4/c1-8-9(3-13)2-11(5-15-8)16-7-10-4-14-6-12(10)16/h2,5,10,12,14H,4,6-7H2,1H3/t10-,12-/m0/s1. The van der Waals surface area contributed by atoms with Gasteiger partial charge >= 0.3 is 0 Å². The van der Waals surface area contributed by atoms with Crippen LogP contribution in [0, 0.1) is 24.2 Å². The minimum absolute atomic E-state index is 0.607. The number of hydrogen-bond donors (Lipinski definition) is 1. The number of rotatable bonds is 1. The first-order valence-corrected chi connectivity index (χ1v) is 5.63. The van der Waals surface area contributed by atoms with E-state index in [9.17, 15) is 0 Å². The molecule has 1 aromatic heterocycles. The highest BCUT2D eigenvalue weighted by Crippen LogP contribution is 2.33. The predicted octanol–water partition coefficient (Wildman–Crippen LogP) is 0.670. The maximum Gasteiger partial charge on any atom is 0.101 e. The van der Waals surface area contributed by atoms with Gasteiger partial charge in [-0.1, -0.05) is 0 Å². The van der Waals surface area contributed by atoms with E-state index in [-0.39, 0.29) is 0 Å². The fourth-order valence-corrected chi connectivity index (χ4v) is 2.61. The van der Waals surface area contributed by atoms with Crippen molar-refractivity contribution >= 4 is 5.69 Å². The zero-order valence-corrected chi connectivity index (χ0v) is 9.27. The van der Waals surface area contributed by atoms with Crippen LogP contribution in [0.4, 0.5) is 5.69 Å². The molecule has 2 fully saturated rings. The average Bonchev–Trinajstić information content (AvgIpc) is 2.63. The van der Waals surface area contributed by atoms with E-state index in [4.69, 9.17) is 5.26 Å². The molecular weight excluding hydrogens is 200 g/mol. The number of nitrogens with zero attached hydrogens (tertiary/aromatic N) is 3. The summed E-state index contributed by atoms with van der Waals surface area (Å²) >= 11 is 0. The van der Waals surface area contributed by atoms with Crippen LogP contribution in [-0.4, -0.2) is 30.7 Å². The normalized spacial score (nSPS) is 27.1. The quantitative estimate of drug-likeness (QED) is 0.746. The Labute approximate surface area is 94.9 Å². The van der Waals surface area contributed by atoms with Crippen LogP contribution in [0.1, 0.15) is 11.3 Å². The third-order valence-corrected chi connectivity index (χ3v) is 3.66. The van der Waals surface area contributed by atoms with Gasteiger partial charge < -0.3 is 10.2 Å². The molecule has 3 heterocycles. The molecule has 3 rings (SSSR count). The van der Waals surface area contributed by atoms with Crippen LogP contribution in [0.3, 0.4) is 0 Å². The molecule has 0 radical (unpaired) electrons. The van der Waals surface area contributed by atoms with Crippen LogP contribution in [0.2, 0.25) is 0 Å². The van der Waals surface area contributed by atoms with E-state index in [0.29, 0.717) is 11.6 Å². The minimum Gasteiger partial charge on any atom is -0.365 e. The Morgan fingerprint density at radius 3 is 3.19 bits per heavy atom. The number of hydrogen-bond acceptors (Lipinski definition) is 4. The Morgan fingerprint density at radius 1 is 1.56 bits per heavy atom. The first-order valence-electron chi connectivity index (χ1n) is 5.63. The summed E-state index contributed by atoms with van der Waals surface area (Å²) in [5, 5.41) is 12.4. The lowest BCUT2D eigenvalue weighted by molar-refractivity contribution is 0.365. The van der Waals surface area contributed by atoms with Crippen molar-refractivity contribution in [2.45, 2.75) is 13.0 Å². The molecule has 0 spiro atoms. The highest BCUT2D eigenvalue weighted by molar-refractivity contribution is 5.54. The molecule has 0 bridgehead atoms. The van der Waals surface area contributed by atoms with Crippen LogP contribution >= 0.6 is 0 Å². The van der Waals surface area contributed by atoms with Gasteiger partial charge in [-0.3, -0.25) is 4.98 Å². The van der Waals surface area contributed by atoms with Crippen molar-refractivity contribution in [3.63, 3.8) is 0 Å². The summed E-state index contributed by atoms with van der Waals surface area (Å²) in [5.74, 6) is 0.784. The van der Waals surface area contributed by atoms with Gasteiger partial charge in [0.15, 0.2) is 0 Å². The molecule has 82 valence electrons. The van der Waals surface area contributed by atoms with Gasteiger partial charge in [0, 0.05) is 31.6 Å². The number of nitriles is 1. The van der Waals surface area contributed by atoms with Crippen LogP contribution < -0.4 is 10.2 Å². The minimum atomic E-state index is 0.607. The third-order valence-electron chi connectivity index (χ3n) is 3.66. The second-order valence-electron chi connectivity index (χ2n) is 4.58. The van der Waals surface area contributed by atoms with E-state index in [1.807, 2.05) is 19.2 Å². The number of nitrogens with one attached hydrogen (secondary N) is 1. The fourth-order valence-electron chi connectivity index (χ4n) is 2.61. The van der Waals surface area contributed by atoms with Crippen molar-refractivity contribution in [1.29, 1.82) is 5.26 Å². The van der Waals surface area contributed by atoms with Crippen molar-refractivity contribution in [1.82, 2.24) is 10.3 Å². The van der Waals surface area contributed by atoms with Crippen LogP contribution in [0.15, 0.2) is 12.3 Å². The first kappa shape index (κ1) is 9.61. The van der Waals surface area contributed by atoms with Crippen molar-refractivity contribution < 1.29 is 0 Å². The van der Waals surface area contributed by atoms with E-state index in [1.54, 1.807) is 0 Å². The van der Waals surface area contributed by atoms with Gasteiger partial charge in [-0.2, -0.15) is 5.26 Å². The Morgan fingerprint density at radius 2 is 2.44 bits per heavy atom. The molecule has 16 heavy (non-hydrogen) atoms. The molecule has 0 saturated carbocycles. The molecule has 2 atom stereocenters. The van der Waals surface area contributed by atoms with E-state index < -0.39 is 0 Å². The van der Waals surface area contributed by atoms with E-state index in [1.165, 1.54) is 0 Å². The summed E-state index contributed by atoms with van der Waals surface area (Å²) in [4.78, 5) is 6.63. The molecular formula is C12H14N4. The van der Waals surface area contributed by atoms with Crippen LogP contribution in [0.25, 0.3) is 0 Å². The van der Waals surface area contributed by atoms with Crippen LogP contribution in [-0.2, 0) is 0 Å². The molecule has 0 unspecified atom stereocenters. The lowest BCUT2D eigenvalue weighted by atomic mass is 9.91. The molecule has 2 aliphatic rings. The zero-order chi connectivity index (χ0) is 11.1. The summed E-state index contributed by atoms with van der Waals surface area (Å²) in [7, 11) is 0. The van der Waals surface area contributed by atoms with Gasteiger partial charge in [-0.25, -0.2) is 0 Å². The number of pyridine rings is 1. The Balaban J connectivity index is 1.88. The number of fused-ring (bicyclic) bond motifs is 1. The lowest BCUT2D eigenvalue weighted by Gasteiger charge is -2.45. The number of anilines is 1. The van der Waals surface area contributed by atoms with Gasteiger partial charge in [0.25, 0.3) is 0 Å². The zero-order valence-electron chi connectivity index (χ0n) is 9.27. The summed E-state index contributed by atoms with van der Waals surface area (Å²) in [5.41, 5.74) is 2.59. The van der Waals surface area contributed by atoms with Gasteiger partial charge in [-0.05, 0) is 13.0 Å². The van der Waals surface area contributed by atoms with E-state index in [0.717, 1.165) is 36.9 Å². The van der Waals surface area contributed by atoms with Crippen molar-refractivity contribution in [3.8, 4) is 6.07 Å². The predicted molar refractivity (Wildman–Crippen MR) is 61.2 cm³/mol. The van der Waals surface area contributed by atoms with Gasteiger partial charge in [0.1, 0.15) is 6.07 Å². The molecule has 2 saturated heterocycles. The third kappa shape index (κ3) is 1.29. The average molecular weight is 214 g/mol. The fraction of sp³-hybridized carbons (Fsp3) is 0.500. The molecule has 1 N–H and O–H groups in total. The molecule has 1 aromatic rings. The topological polar surface area (TPSA) is 52.0 Å². The smallest absolute Gasteiger partial charge is 0.101 e.